The third-order valence-electron chi connectivity index (χ3n) is 5.39. The number of rotatable bonds is 6. The molecule has 3 aromatic rings. The number of nitrogens with one attached hydrogen (secondary N) is 2. The van der Waals surface area contributed by atoms with Crippen molar-refractivity contribution in [1.82, 2.24) is 10.3 Å². The van der Waals surface area contributed by atoms with Crippen LogP contribution >= 0.6 is 12.4 Å². The Bertz CT molecular complexity index is 1080. The molecule has 156 valence electrons. The van der Waals surface area contributed by atoms with Crippen molar-refractivity contribution in [3.8, 4) is 5.75 Å². The van der Waals surface area contributed by atoms with Crippen LogP contribution in [0.4, 0.5) is 11.4 Å². The summed E-state index contributed by atoms with van der Waals surface area (Å²) in [6.07, 6.45) is 7.83. The van der Waals surface area contributed by atoms with Gasteiger partial charge in [-0.1, -0.05) is 30.3 Å². The van der Waals surface area contributed by atoms with Crippen LogP contribution in [0.1, 0.15) is 34.3 Å². The fourth-order valence-corrected chi connectivity index (χ4v) is 3.96. The SMILES string of the molecule is C=CCNC(=O)c1cnc2c(OC)cccc2c1Nc1cccc2c1CCCC2.Cl. The number of carbonyl (C=O) groups excluding carboxylic acids is 1. The zero-order valence-electron chi connectivity index (χ0n) is 17.0. The van der Waals surface area contributed by atoms with Gasteiger partial charge in [0.1, 0.15) is 11.3 Å². The molecule has 0 fully saturated rings. The summed E-state index contributed by atoms with van der Waals surface area (Å²) < 4.78 is 5.48. The lowest BCUT2D eigenvalue weighted by Gasteiger charge is -2.22. The Morgan fingerprint density at radius 1 is 1.20 bits per heavy atom. The molecule has 0 radical (unpaired) electrons. The fourth-order valence-electron chi connectivity index (χ4n) is 3.96. The summed E-state index contributed by atoms with van der Waals surface area (Å²) in [5, 5.41) is 7.28. The van der Waals surface area contributed by atoms with Gasteiger partial charge in [0.2, 0.25) is 0 Å². The smallest absolute Gasteiger partial charge is 0.255 e. The third kappa shape index (κ3) is 4.12. The Balaban J connectivity index is 0.00000256. The van der Waals surface area contributed by atoms with Gasteiger partial charge in [0, 0.05) is 23.8 Å². The van der Waals surface area contributed by atoms with Crippen LogP contribution in [0.2, 0.25) is 0 Å². The van der Waals surface area contributed by atoms with E-state index in [1.165, 1.54) is 24.0 Å². The van der Waals surface area contributed by atoms with E-state index in [-0.39, 0.29) is 18.3 Å². The Labute approximate surface area is 183 Å². The minimum atomic E-state index is -0.186. The molecule has 30 heavy (non-hydrogen) atoms. The minimum absolute atomic E-state index is 0. The molecule has 4 rings (SSSR count). The van der Waals surface area contributed by atoms with Gasteiger partial charge >= 0.3 is 0 Å². The van der Waals surface area contributed by atoms with Crippen LogP contribution in [0.5, 0.6) is 5.75 Å². The van der Waals surface area contributed by atoms with Gasteiger partial charge in [-0.15, -0.1) is 19.0 Å². The predicted octanol–water partition coefficient (Wildman–Crippen LogP) is 5.20. The quantitative estimate of drug-likeness (QED) is 0.534. The van der Waals surface area contributed by atoms with Gasteiger partial charge in [-0.2, -0.15) is 0 Å². The van der Waals surface area contributed by atoms with E-state index in [2.05, 4.69) is 40.4 Å². The Morgan fingerprint density at radius 3 is 2.80 bits per heavy atom. The summed E-state index contributed by atoms with van der Waals surface area (Å²) in [4.78, 5) is 17.4. The number of hydrogen-bond donors (Lipinski definition) is 2. The van der Waals surface area contributed by atoms with Crippen LogP contribution in [-0.2, 0) is 12.8 Å². The van der Waals surface area contributed by atoms with Crippen molar-refractivity contribution in [3.63, 3.8) is 0 Å². The van der Waals surface area contributed by atoms with Crippen molar-refractivity contribution in [2.24, 2.45) is 0 Å². The number of ether oxygens (including phenoxy) is 1. The molecule has 0 atom stereocenters. The molecule has 1 aliphatic carbocycles. The molecule has 1 aromatic heterocycles. The topological polar surface area (TPSA) is 63.2 Å². The first-order valence-electron chi connectivity index (χ1n) is 9.95. The van der Waals surface area contributed by atoms with Gasteiger partial charge in [0.15, 0.2) is 0 Å². The standard InChI is InChI=1S/C24H25N3O2.ClH/c1-3-14-25-24(28)19-15-26-23-18(11-7-13-21(23)29-2)22(19)27-20-12-6-9-16-8-4-5-10-17(16)20;/h3,6-7,9,11-13,15H,1,4-5,8,10,14H2,2H3,(H,25,28)(H,26,27);1H. The number of fused-ring (bicyclic) bond motifs is 2. The Kier molecular flexibility index (Phi) is 6.95. The predicted molar refractivity (Wildman–Crippen MR) is 124 cm³/mol. The van der Waals surface area contributed by atoms with E-state index in [9.17, 15) is 4.79 Å². The highest BCUT2D eigenvalue weighted by atomic mass is 35.5. The molecule has 1 amide bonds. The molecule has 0 bridgehead atoms. The highest BCUT2D eigenvalue weighted by molar-refractivity contribution is 6.09. The average molecular weight is 424 g/mol. The van der Waals surface area contributed by atoms with Crippen molar-refractivity contribution in [2.45, 2.75) is 25.7 Å². The minimum Gasteiger partial charge on any atom is -0.494 e. The molecular formula is C24H26ClN3O2. The lowest BCUT2D eigenvalue weighted by molar-refractivity contribution is 0.0958. The summed E-state index contributed by atoms with van der Waals surface area (Å²) in [6, 6.07) is 12.1. The third-order valence-corrected chi connectivity index (χ3v) is 5.39. The monoisotopic (exact) mass is 423 g/mol. The second-order valence-electron chi connectivity index (χ2n) is 7.18. The molecule has 0 spiro atoms. The first kappa shape index (κ1) is 21.7. The average Bonchev–Trinajstić information content (AvgIpc) is 2.77. The maximum absolute atomic E-state index is 12.8. The summed E-state index contributed by atoms with van der Waals surface area (Å²) >= 11 is 0. The number of anilines is 2. The second-order valence-corrected chi connectivity index (χ2v) is 7.18. The number of hydrogen-bond acceptors (Lipinski definition) is 4. The lowest BCUT2D eigenvalue weighted by Crippen LogP contribution is -2.24. The Morgan fingerprint density at radius 2 is 2.00 bits per heavy atom. The van der Waals surface area contributed by atoms with E-state index in [1.807, 2.05) is 18.2 Å². The largest absolute Gasteiger partial charge is 0.494 e. The van der Waals surface area contributed by atoms with Crippen molar-refractivity contribution >= 4 is 40.6 Å². The first-order chi connectivity index (χ1) is 14.2. The van der Waals surface area contributed by atoms with Gasteiger partial charge in [0.05, 0.1) is 18.4 Å². The van der Waals surface area contributed by atoms with Crippen LogP contribution in [0.3, 0.4) is 0 Å². The highest BCUT2D eigenvalue weighted by Crippen LogP contribution is 2.36. The van der Waals surface area contributed by atoms with E-state index >= 15 is 0 Å². The summed E-state index contributed by atoms with van der Waals surface area (Å²) in [5.41, 5.74) is 5.74. The molecule has 1 aliphatic rings. The van der Waals surface area contributed by atoms with Gasteiger partial charge in [-0.05, 0) is 48.9 Å². The molecule has 5 nitrogen and oxygen atoms in total. The van der Waals surface area contributed by atoms with Crippen molar-refractivity contribution < 1.29 is 9.53 Å². The van der Waals surface area contributed by atoms with E-state index < -0.39 is 0 Å². The zero-order chi connectivity index (χ0) is 20.2. The number of carbonyl (C=O) groups is 1. The number of amides is 1. The van der Waals surface area contributed by atoms with Crippen LogP contribution in [0.25, 0.3) is 10.9 Å². The lowest BCUT2D eigenvalue weighted by atomic mass is 9.90. The molecule has 0 aliphatic heterocycles. The number of benzene rings is 2. The number of pyridine rings is 1. The summed E-state index contributed by atoms with van der Waals surface area (Å²) in [5.74, 6) is 0.494. The fraction of sp³-hybridized carbons (Fsp3) is 0.250. The molecule has 6 heteroatoms. The number of aryl methyl sites for hydroxylation is 1. The van der Waals surface area contributed by atoms with Gasteiger partial charge in [0.25, 0.3) is 5.91 Å². The number of halogens is 1. The number of methoxy groups -OCH3 is 1. The normalized spacial score (nSPS) is 12.4. The van der Waals surface area contributed by atoms with Crippen molar-refractivity contribution in [3.05, 3.63) is 71.9 Å². The van der Waals surface area contributed by atoms with Gasteiger partial charge < -0.3 is 15.4 Å². The first-order valence-corrected chi connectivity index (χ1v) is 9.95. The van der Waals surface area contributed by atoms with Crippen molar-refractivity contribution in [2.75, 3.05) is 19.0 Å². The van der Waals surface area contributed by atoms with Crippen LogP contribution in [-0.4, -0.2) is 24.5 Å². The molecule has 1 heterocycles. The number of para-hydroxylation sites is 1. The van der Waals surface area contributed by atoms with Gasteiger partial charge in [-0.3, -0.25) is 9.78 Å². The molecule has 2 aromatic carbocycles. The molecular weight excluding hydrogens is 398 g/mol. The molecule has 2 N–H and O–H groups in total. The molecule has 0 saturated heterocycles. The van der Waals surface area contributed by atoms with Crippen molar-refractivity contribution in [1.29, 1.82) is 0 Å². The number of aromatic nitrogens is 1. The molecule has 0 unspecified atom stereocenters. The van der Waals surface area contributed by atoms with Gasteiger partial charge in [-0.25, -0.2) is 0 Å². The molecule has 0 saturated carbocycles. The van der Waals surface area contributed by atoms with Crippen LogP contribution in [0, 0.1) is 0 Å². The zero-order valence-corrected chi connectivity index (χ0v) is 17.8. The highest BCUT2D eigenvalue weighted by Gasteiger charge is 2.19. The maximum atomic E-state index is 12.8. The summed E-state index contributed by atoms with van der Waals surface area (Å²) in [6.45, 7) is 4.07. The summed E-state index contributed by atoms with van der Waals surface area (Å²) in [7, 11) is 1.63. The van der Waals surface area contributed by atoms with Crippen LogP contribution in [0.15, 0.2) is 55.3 Å². The maximum Gasteiger partial charge on any atom is 0.255 e. The van der Waals surface area contributed by atoms with E-state index in [1.54, 1.807) is 19.4 Å². The van der Waals surface area contributed by atoms with E-state index in [0.717, 1.165) is 35.1 Å². The number of nitrogens with zero attached hydrogens (tertiary/aromatic N) is 1. The van der Waals surface area contributed by atoms with Crippen LogP contribution < -0.4 is 15.4 Å². The van der Waals surface area contributed by atoms with E-state index in [0.29, 0.717) is 17.9 Å². The second kappa shape index (κ2) is 9.63. The van der Waals surface area contributed by atoms with E-state index in [4.69, 9.17) is 4.74 Å². The Hall–Kier alpha value is -3.05.